The van der Waals surface area contributed by atoms with E-state index < -0.39 is 11.2 Å². The molecule has 1 amide bonds. The Balaban J connectivity index is 1.83. The van der Waals surface area contributed by atoms with Gasteiger partial charge in [0, 0.05) is 17.8 Å². The fourth-order valence-electron chi connectivity index (χ4n) is 3.64. The summed E-state index contributed by atoms with van der Waals surface area (Å²) in [6.07, 6.45) is 2.12. The Morgan fingerprint density at radius 2 is 2.16 bits per heavy atom. The van der Waals surface area contributed by atoms with Gasteiger partial charge in [0.2, 0.25) is 0 Å². The third-order valence-corrected chi connectivity index (χ3v) is 4.80. The maximum absolute atomic E-state index is 12.3. The van der Waals surface area contributed by atoms with Crippen LogP contribution in [0.1, 0.15) is 51.2 Å². The lowest BCUT2D eigenvalue weighted by molar-refractivity contribution is -0.0459. The van der Waals surface area contributed by atoms with E-state index in [-0.39, 0.29) is 18.6 Å². The highest BCUT2D eigenvalue weighted by molar-refractivity contribution is 5.80. The van der Waals surface area contributed by atoms with Crippen LogP contribution in [0.2, 0.25) is 0 Å². The minimum absolute atomic E-state index is 0.0427. The number of ether oxygens (including phenoxy) is 1. The third kappa shape index (κ3) is 3.63. The van der Waals surface area contributed by atoms with E-state index in [1.165, 1.54) is 0 Å². The van der Waals surface area contributed by atoms with Crippen LogP contribution < -0.4 is 0 Å². The molecule has 0 spiro atoms. The summed E-state index contributed by atoms with van der Waals surface area (Å²) >= 11 is 0. The molecule has 2 atom stereocenters. The number of benzene rings is 1. The zero-order chi connectivity index (χ0) is 18.4. The Hall–Kier alpha value is -2.08. The molecule has 136 valence electrons. The van der Waals surface area contributed by atoms with E-state index in [0.717, 1.165) is 22.0 Å². The molecule has 2 aromatic rings. The van der Waals surface area contributed by atoms with E-state index in [9.17, 15) is 9.90 Å². The summed E-state index contributed by atoms with van der Waals surface area (Å²) < 4.78 is 5.45. The monoisotopic (exact) mass is 345 g/mol. The van der Waals surface area contributed by atoms with Gasteiger partial charge in [-0.25, -0.2) is 4.79 Å². The molecule has 2 heterocycles. The topological polar surface area (TPSA) is 78.5 Å². The lowest BCUT2D eigenvalue weighted by Crippen LogP contribution is -2.53. The minimum atomic E-state index is -1.02. The average molecular weight is 345 g/mol. The van der Waals surface area contributed by atoms with Gasteiger partial charge in [-0.05, 0) is 64.3 Å². The molecule has 0 aliphatic carbocycles. The van der Waals surface area contributed by atoms with Crippen molar-refractivity contribution >= 4 is 17.0 Å². The number of fused-ring (bicyclic) bond motifs is 1. The first kappa shape index (κ1) is 17.7. The number of likely N-dealkylation sites (tertiary alicyclic amines) is 1. The van der Waals surface area contributed by atoms with Gasteiger partial charge in [0.25, 0.3) is 0 Å². The highest BCUT2D eigenvalue weighted by atomic mass is 16.6. The van der Waals surface area contributed by atoms with Gasteiger partial charge in [0.15, 0.2) is 0 Å². The maximum Gasteiger partial charge on any atom is 0.410 e. The molecular weight excluding hydrogens is 318 g/mol. The van der Waals surface area contributed by atoms with Crippen molar-refractivity contribution in [3.63, 3.8) is 0 Å². The zero-order valence-corrected chi connectivity index (χ0v) is 15.6. The molecule has 2 unspecified atom stereocenters. The van der Waals surface area contributed by atoms with Crippen LogP contribution in [0, 0.1) is 6.92 Å². The molecule has 1 aromatic carbocycles. The number of carbonyl (C=O) groups is 1. The first-order valence-electron chi connectivity index (χ1n) is 8.71. The second-order valence-corrected chi connectivity index (χ2v) is 8.27. The number of H-pyrrole nitrogens is 1. The zero-order valence-electron chi connectivity index (χ0n) is 15.6. The van der Waals surface area contributed by atoms with Crippen LogP contribution in [0.15, 0.2) is 18.3 Å². The van der Waals surface area contributed by atoms with E-state index in [1.54, 1.807) is 18.0 Å². The lowest BCUT2D eigenvalue weighted by Gasteiger charge is -2.43. The molecule has 1 fully saturated rings. The molecule has 1 aliphatic rings. The fourth-order valence-corrected chi connectivity index (χ4v) is 3.64. The van der Waals surface area contributed by atoms with Gasteiger partial charge >= 0.3 is 6.09 Å². The van der Waals surface area contributed by atoms with Crippen molar-refractivity contribution in [2.75, 3.05) is 13.1 Å². The summed E-state index contributed by atoms with van der Waals surface area (Å²) in [6, 6.07) is 4.16. The van der Waals surface area contributed by atoms with Crippen molar-refractivity contribution in [2.45, 2.75) is 58.2 Å². The van der Waals surface area contributed by atoms with Gasteiger partial charge in [0.1, 0.15) is 5.60 Å². The molecule has 1 aliphatic heterocycles. The number of amides is 1. The van der Waals surface area contributed by atoms with Crippen LogP contribution in [0.3, 0.4) is 0 Å². The number of aliphatic hydroxyl groups is 1. The van der Waals surface area contributed by atoms with Crippen LogP contribution in [0.5, 0.6) is 0 Å². The van der Waals surface area contributed by atoms with Gasteiger partial charge in [-0.15, -0.1) is 0 Å². The molecule has 0 saturated carbocycles. The molecule has 0 radical (unpaired) electrons. The van der Waals surface area contributed by atoms with Crippen LogP contribution in [0.25, 0.3) is 10.9 Å². The van der Waals surface area contributed by atoms with Crippen molar-refractivity contribution in [3.8, 4) is 0 Å². The van der Waals surface area contributed by atoms with E-state index in [0.29, 0.717) is 13.0 Å². The standard InChI is InChI=1S/C19H27N3O3/c1-12-8-13-10-20-21-16(13)9-14(12)15-6-7-22(11-19(15,5)24)17(23)25-18(2,3)4/h8-10,15,24H,6-7,11H2,1-5H3,(H,20,21). The number of nitrogens with one attached hydrogen (secondary N) is 1. The fraction of sp³-hybridized carbons (Fsp3) is 0.579. The smallest absolute Gasteiger partial charge is 0.410 e. The number of hydrogen-bond donors (Lipinski definition) is 2. The largest absolute Gasteiger partial charge is 0.444 e. The SMILES string of the molecule is Cc1cc2cn[nH]c2cc1C1CCN(C(=O)OC(C)(C)C)CC1(C)O. The van der Waals surface area contributed by atoms with E-state index in [1.807, 2.05) is 20.8 Å². The van der Waals surface area contributed by atoms with Gasteiger partial charge in [-0.1, -0.05) is 0 Å². The summed E-state index contributed by atoms with van der Waals surface area (Å²) in [5.74, 6) is -0.0427. The second kappa shape index (κ2) is 6.02. The average Bonchev–Trinajstić information content (AvgIpc) is 2.91. The summed E-state index contributed by atoms with van der Waals surface area (Å²) in [5.41, 5.74) is 1.64. The number of carbonyl (C=O) groups excluding carboxylic acids is 1. The number of aryl methyl sites for hydroxylation is 1. The van der Waals surface area contributed by atoms with Crippen LogP contribution in [0.4, 0.5) is 4.79 Å². The van der Waals surface area contributed by atoms with E-state index >= 15 is 0 Å². The molecule has 6 nitrogen and oxygen atoms in total. The summed E-state index contributed by atoms with van der Waals surface area (Å²) in [5, 5.41) is 19.2. The van der Waals surface area contributed by atoms with Crippen LogP contribution in [-0.2, 0) is 4.74 Å². The molecule has 6 heteroatoms. The Bertz CT molecular complexity index is 789. The normalized spacial score (nSPS) is 24.6. The number of β-amino-alcohol motifs (C(OH)–C–C–N with tert-alkyl or cyclic N) is 1. The number of hydrogen-bond acceptors (Lipinski definition) is 4. The Morgan fingerprint density at radius 1 is 1.44 bits per heavy atom. The van der Waals surface area contributed by atoms with Gasteiger partial charge in [-0.2, -0.15) is 5.10 Å². The highest BCUT2D eigenvalue weighted by Crippen LogP contribution is 2.39. The molecule has 1 saturated heterocycles. The van der Waals surface area contributed by atoms with Crippen LogP contribution >= 0.6 is 0 Å². The van der Waals surface area contributed by atoms with Crippen molar-refractivity contribution in [1.82, 2.24) is 15.1 Å². The molecule has 2 N–H and O–H groups in total. The Labute approximate surface area is 148 Å². The number of aromatic nitrogens is 2. The number of nitrogens with zero attached hydrogens (tertiary/aromatic N) is 2. The molecular formula is C19H27N3O3. The van der Waals surface area contributed by atoms with Gasteiger partial charge < -0.3 is 14.7 Å². The Kier molecular flexibility index (Phi) is 4.27. The van der Waals surface area contributed by atoms with Crippen LogP contribution in [-0.4, -0.2) is 50.6 Å². The first-order valence-corrected chi connectivity index (χ1v) is 8.71. The number of aromatic amines is 1. The van der Waals surface area contributed by atoms with Crippen molar-refractivity contribution < 1.29 is 14.6 Å². The third-order valence-electron chi connectivity index (χ3n) is 4.80. The van der Waals surface area contributed by atoms with E-state index in [4.69, 9.17) is 4.74 Å². The number of piperidine rings is 1. The highest BCUT2D eigenvalue weighted by Gasteiger charge is 2.42. The maximum atomic E-state index is 12.3. The van der Waals surface area contributed by atoms with Gasteiger partial charge in [0.05, 0.1) is 23.9 Å². The summed E-state index contributed by atoms with van der Waals surface area (Å²) in [4.78, 5) is 13.9. The van der Waals surface area contributed by atoms with Crippen molar-refractivity contribution in [2.24, 2.45) is 0 Å². The predicted octanol–water partition coefficient (Wildman–Crippen LogP) is 3.35. The van der Waals surface area contributed by atoms with Crippen molar-refractivity contribution in [1.29, 1.82) is 0 Å². The quantitative estimate of drug-likeness (QED) is 0.831. The molecule has 25 heavy (non-hydrogen) atoms. The van der Waals surface area contributed by atoms with E-state index in [2.05, 4.69) is 29.3 Å². The minimum Gasteiger partial charge on any atom is -0.444 e. The van der Waals surface area contributed by atoms with Gasteiger partial charge in [-0.3, -0.25) is 5.10 Å². The first-order chi connectivity index (χ1) is 11.6. The Morgan fingerprint density at radius 3 is 2.80 bits per heavy atom. The predicted molar refractivity (Wildman–Crippen MR) is 96.6 cm³/mol. The molecule has 1 aromatic heterocycles. The molecule has 0 bridgehead atoms. The lowest BCUT2D eigenvalue weighted by atomic mass is 9.76. The second-order valence-electron chi connectivity index (χ2n) is 8.27. The molecule has 3 rings (SSSR count). The number of rotatable bonds is 1. The summed E-state index contributed by atoms with van der Waals surface area (Å²) in [7, 11) is 0. The van der Waals surface area contributed by atoms with Crippen molar-refractivity contribution in [3.05, 3.63) is 29.5 Å². The summed E-state index contributed by atoms with van der Waals surface area (Å²) in [6.45, 7) is 10.2.